The average molecular weight is 495 g/mol. The quantitative estimate of drug-likeness (QED) is 0.389. The van der Waals surface area contributed by atoms with Gasteiger partial charge in [-0.25, -0.2) is 9.97 Å². The van der Waals surface area contributed by atoms with Crippen molar-refractivity contribution in [3.63, 3.8) is 0 Å². The number of ether oxygens (including phenoxy) is 1. The first-order valence-corrected chi connectivity index (χ1v) is 12.2. The van der Waals surface area contributed by atoms with Gasteiger partial charge in [-0.1, -0.05) is 24.2 Å². The molecule has 0 radical (unpaired) electrons. The van der Waals surface area contributed by atoms with Crippen LogP contribution in [0.15, 0.2) is 28.8 Å². The number of hydrogen-bond acceptors (Lipinski definition) is 9. The molecule has 3 heterocycles. The number of nitrogens with one attached hydrogen (secondary N) is 2. The Bertz CT molecular complexity index is 1200. The molecular formula is C26H34N6O4. The summed E-state index contributed by atoms with van der Waals surface area (Å²) in [6, 6.07) is 7.63. The molecule has 192 valence electrons. The lowest BCUT2D eigenvalue weighted by molar-refractivity contribution is -0.121. The maximum absolute atomic E-state index is 11.8. The van der Waals surface area contributed by atoms with Crippen LogP contribution in [0, 0.1) is 20.8 Å². The number of amides is 1. The third kappa shape index (κ3) is 5.50. The Kier molecular flexibility index (Phi) is 7.85. The first-order valence-electron chi connectivity index (χ1n) is 12.2. The van der Waals surface area contributed by atoms with Crippen LogP contribution in [0.2, 0.25) is 0 Å². The molecule has 4 rings (SSSR count). The minimum absolute atomic E-state index is 0.0489. The van der Waals surface area contributed by atoms with Crippen molar-refractivity contribution in [1.29, 1.82) is 0 Å². The van der Waals surface area contributed by atoms with Crippen LogP contribution in [0.4, 0.5) is 5.82 Å². The number of aromatic nitrogens is 3. The van der Waals surface area contributed by atoms with E-state index in [0.717, 1.165) is 33.9 Å². The zero-order valence-electron chi connectivity index (χ0n) is 21.5. The smallest absolute Gasteiger partial charge is 0.220 e. The Labute approximate surface area is 211 Å². The molecule has 36 heavy (non-hydrogen) atoms. The molecule has 2 aromatic heterocycles. The first-order chi connectivity index (χ1) is 17.3. The monoisotopic (exact) mass is 494 g/mol. The van der Waals surface area contributed by atoms with Gasteiger partial charge in [-0.15, -0.1) is 0 Å². The van der Waals surface area contributed by atoms with Gasteiger partial charge in [0, 0.05) is 37.2 Å². The minimum atomic E-state index is -0.611. The second kappa shape index (κ2) is 11.0. The molecule has 1 atom stereocenters. The highest BCUT2D eigenvalue weighted by Gasteiger charge is 2.32. The molecule has 1 aliphatic heterocycles. The number of rotatable bonds is 10. The van der Waals surface area contributed by atoms with E-state index in [4.69, 9.17) is 19.2 Å². The van der Waals surface area contributed by atoms with Crippen molar-refractivity contribution in [2.75, 3.05) is 38.2 Å². The number of carbonyl (C=O) groups excluding carboxylic acids is 1. The van der Waals surface area contributed by atoms with Crippen LogP contribution in [0.25, 0.3) is 22.6 Å². The number of hydrogen-bond donors (Lipinski definition) is 3. The largest absolute Gasteiger partial charge is 0.491 e. The Hall–Kier alpha value is -3.50. The number of nitrogens with zero attached hydrogens (tertiary/aromatic N) is 4. The molecule has 1 aliphatic rings. The lowest BCUT2D eigenvalue weighted by Gasteiger charge is -2.41. The second-order valence-electron chi connectivity index (χ2n) is 9.12. The van der Waals surface area contributed by atoms with E-state index in [2.05, 4.69) is 20.7 Å². The normalized spacial score (nSPS) is 14.4. The summed E-state index contributed by atoms with van der Waals surface area (Å²) in [5, 5.41) is 20.1. The van der Waals surface area contributed by atoms with Gasteiger partial charge in [-0.2, -0.15) is 0 Å². The van der Waals surface area contributed by atoms with Gasteiger partial charge in [0.2, 0.25) is 5.91 Å². The van der Waals surface area contributed by atoms with Crippen LogP contribution >= 0.6 is 0 Å². The minimum Gasteiger partial charge on any atom is -0.491 e. The SMILES string of the molecule is CCC(=O)NC1CN(c2nc(-c3cccc(OCC(O)CNC)c3)nc(-c3c(C)noc3C)c2C)C1. The van der Waals surface area contributed by atoms with Gasteiger partial charge in [0.25, 0.3) is 0 Å². The second-order valence-corrected chi connectivity index (χ2v) is 9.12. The van der Waals surface area contributed by atoms with Crippen LogP contribution in [0.1, 0.15) is 30.4 Å². The summed E-state index contributed by atoms with van der Waals surface area (Å²) in [7, 11) is 1.78. The Morgan fingerprint density at radius 3 is 2.72 bits per heavy atom. The first kappa shape index (κ1) is 25.6. The zero-order valence-corrected chi connectivity index (χ0v) is 21.5. The van der Waals surface area contributed by atoms with Crippen LogP contribution in [-0.2, 0) is 4.79 Å². The van der Waals surface area contributed by atoms with E-state index < -0.39 is 6.10 Å². The molecule has 0 bridgehead atoms. The maximum atomic E-state index is 11.8. The zero-order chi connectivity index (χ0) is 25.8. The van der Waals surface area contributed by atoms with E-state index in [0.29, 0.717) is 43.4 Å². The van der Waals surface area contributed by atoms with Gasteiger partial charge < -0.3 is 29.9 Å². The van der Waals surface area contributed by atoms with E-state index >= 15 is 0 Å². The van der Waals surface area contributed by atoms with Crippen molar-refractivity contribution in [1.82, 2.24) is 25.8 Å². The lowest BCUT2D eigenvalue weighted by atomic mass is 10.0. The number of benzene rings is 1. The highest BCUT2D eigenvalue weighted by Crippen LogP contribution is 2.36. The molecular weight excluding hydrogens is 460 g/mol. The van der Waals surface area contributed by atoms with Gasteiger partial charge in [0.15, 0.2) is 5.82 Å². The summed E-state index contributed by atoms with van der Waals surface area (Å²) in [5.74, 6) is 2.73. The summed E-state index contributed by atoms with van der Waals surface area (Å²) >= 11 is 0. The third-order valence-electron chi connectivity index (χ3n) is 6.23. The summed E-state index contributed by atoms with van der Waals surface area (Å²) in [5.41, 5.74) is 4.11. The molecule has 3 aromatic rings. The van der Waals surface area contributed by atoms with Gasteiger partial charge in [-0.05, 0) is 40.0 Å². The van der Waals surface area contributed by atoms with Crippen LogP contribution in [-0.4, -0.2) is 71.6 Å². The standard InChI is InChI=1S/C26H34N6O4/c1-6-22(34)28-19-12-32(13-19)26-15(2)24(23-16(3)31-36-17(23)4)29-25(30-26)18-8-7-9-21(10-18)35-14-20(33)11-27-5/h7-10,19-20,27,33H,6,11-14H2,1-5H3,(H,28,34). The number of aliphatic hydroxyl groups is 1. The molecule has 1 aromatic carbocycles. The highest BCUT2D eigenvalue weighted by molar-refractivity contribution is 5.77. The van der Waals surface area contributed by atoms with E-state index in [9.17, 15) is 9.90 Å². The summed E-state index contributed by atoms with van der Waals surface area (Å²) in [4.78, 5) is 23.8. The molecule has 0 saturated carbocycles. The van der Waals surface area contributed by atoms with Crippen LogP contribution < -0.4 is 20.3 Å². The summed E-state index contributed by atoms with van der Waals surface area (Å²) < 4.78 is 11.2. The predicted octanol–water partition coefficient (Wildman–Crippen LogP) is 2.40. The number of aliphatic hydroxyl groups excluding tert-OH is 1. The Balaban J connectivity index is 1.68. The third-order valence-corrected chi connectivity index (χ3v) is 6.23. The fourth-order valence-corrected chi connectivity index (χ4v) is 4.29. The Morgan fingerprint density at radius 1 is 1.28 bits per heavy atom. The van der Waals surface area contributed by atoms with Gasteiger partial charge in [0.1, 0.15) is 30.0 Å². The topological polar surface area (TPSA) is 126 Å². The van der Waals surface area contributed by atoms with Crippen molar-refractivity contribution in [3.8, 4) is 28.4 Å². The van der Waals surface area contributed by atoms with Gasteiger partial charge >= 0.3 is 0 Å². The number of carbonyl (C=O) groups is 1. The molecule has 1 unspecified atom stereocenters. The molecule has 0 spiro atoms. The summed E-state index contributed by atoms with van der Waals surface area (Å²) in [6.45, 7) is 9.60. The fraction of sp³-hybridized carbons (Fsp3) is 0.462. The van der Waals surface area contributed by atoms with Crippen molar-refractivity contribution in [2.24, 2.45) is 0 Å². The van der Waals surface area contributed by atoms with E-state index in [1.807, 2.05) is 52.0 Å². The number of anilines is 1. The predicted molar refractivity (Wildman–Crippen MR) is 137 cm³/mol. The summed E-state index contributed by atoms with van der Waals surface area (Å²) in [6.07, 6.45) is -0.145. The average Bonchev–Trinajstić information content (AvgIpc) is 3.18. The molecule has 3 N–H and O–H groups in total. The molecule has 0 aliphatic carbocycles. The van der Waals surface area contributed by atoms with E-state index in [1.54, 1.807) is 7.05 Å². The van der Waals surface area contributed by atoms with E-state index in [1.165, 1.54) is 0 Å². The molecule has 1 amide bonds. The molecule has 1 fully saturated rings. The fourth-order valence-electron chi connectivity index (χ4n) is 4.29. The van der Waals surface area contributed by atoms with Gasteiger partial charge in [0.05, 0.1) is 23.0 Å². The van der Waals surface area contributed by atoms with Crippen molar-refractivity contribution in [3.05, 3.63) is 41.3 Å². The van der Waals surface area contributed by atoms with Crippen molar-refractivity contribution < 1.29 is 19.2 Å². The Morgan fingerprint density at radius 2 is 2.06 bits per heavy atom. The van der Waals surface area contributed by atoms with Gasteiger partial charge in [-0.3, -0.25) is 4.79 Å². The highest BCUT2D eigenvalue weighted by atomic mass is 16.5. The maximum Gasteiger partial charge on any atom is 0.220 e. The molecule has 10 heteroatoms. The lowest BCUT2D eigenvalue weighted by Crippen LogP contribution is -2.59. The number of aryl methyl sites for hydroxylation is 2. The van der Waals surface area contributed by atoms with Crippen LogP contribution in [0.3, 0.4) is 0 Å². The molecule has 10 nitrogen and oxygen atoms in total. The van der Waals surface area contributed by atoms with Crippen molar-refractivity contribution in [2.45, 2.75) is 46.3 Å². The van der Waals surface area contributed by atoms with Crippen molar-refractivity contribution >= 4 is 11.7 Å². The van der Waals surface area contributed by atoms with Crippen LogP contribution in [0.5, 0.6) is 5.75 Å². The van der Waals surface area contributed by atoms with E-state index in [-0.39, 0.29) is 18.6 Å². The number of likely N-dealkylation sites (N-methyl/N-ethyl adjacent to an activating group) is 1. The molecule has 1 saturated heterocycles.